The molecule has 1 rings (SSSR count). The molecule has 0 spiro atoms. The Kier molecular flexibility index (Phi) is 4.36. The summed E-state index contributed by atoms with van der Waals surface area (Å²) in [5.74, 6) is 4.75. The van der Waals surface area contributed by atoms with E-state index in [1.54, 1.807) is 27.7 Å². The van der Waals surface area contributed by atoms with Gasteiger partial charge in [-0.05, 0) is 33.3 Å². The number of esters is 2. The summed E-state index contributed by atoms with van der Waals surface area (Å²) in [6.07, 6.45) is 0. The Morgan fingerprint density at radius 2 is 1.61 bits per heavy atom. The highest BCUT2D eigenvalue weighted by molar-refractivity contribution is 5.98. The Balaban J connectivity index is 3.28. The van der Waals surface area contributed by atoms with Gasteiger partial charge in [-0.3, -0.25) is 4.68 Å². The summed E-state index contributed by atoms with van der Waals surface area (Å²) in [6, 6.07) is 0. The normalized spacial score (nSPS) is 10.2. The number of nitrogens with two attached hydrogens (primary N) is 1. The second-order valence-corrected chi connectivity index (χ2v) is 3.74. The molecule has 1 aromatic rings. The lowest BCUT2D eigenvalue weighted by Crippen LogP contribution is -2.20. The first-order chi connectivity index (χ1) is 8.45. The van der Waals surface area contributed by atoms with Crippen LogP contribution in [0.5, 0.6) is 0 Å². The maximum Gasteiger partial charge on any atom is 0.357 e. The number of nitrogen functional groups attached to an aromatic ring is 1. The summed E-state index contributed by atoms with van der Waals surface area (Å²) in [5, 5.41) is 0. The highest BCUT2D eigenvalue weighted by Crippen LogP contribution is 2.21. The Hall–Kier alpha value is -1.98. The highest BCUT2D eigenvalue weighted by Gasteiger charge is 2.26. The summed E-state index contributed by atoms with van der Waals surface area (Å²) < 4.78 is 11.0. The zero-order chi connectivity index (χ0) is 13.9. The number of ether oxygens (including phenoxy) is 2. The molecule has 0 saturated carbocycles. The van der Waals surface area contributed by atoms with Crippen molar-refractivity contribution in [3.05, 3.63) is 22.5 Å². The first-order valence-electron chi connectivity index (χ1n) is 5.76. The fraction of sp³-hybridized carbons (Fsp3) is 0.500. The molecule has 18 heavy (non-hydrogen) atoms. The van der Waals surface area contributed by atoms with E-state index in [4.69, 9.17) is 15.3 Å². The molecule has 0 bridgehead atoms. The van der Waals surface area contributed by atoms with Gasteiger partial charge >= 0.3 is 11.9 Å². The Morgan fingerprint density at radius 1 is 1.11 bits per heavy atom. The summed E-state index contributed by atoms with van der Waals surface area (Å²) in [4.78, 5) is 23.5. The van der Waals surface area contributed by atoms with Crippen molar-refractivity contribution in [2.24, 2.45) is 0 Å². The first kappa shape index (κ1) is 14.1. The van der Waals surface area contributed by atoms with Crippen molar-refractivity contribution in [1.29, 1.82) is 0 Å². The van der Waals surface area contributed by atoms with Crippen LogP contribution in [0.25, 0.3) is 0 Å². The first-order valence-corrected chi connectivity index (χ1v) is 5.76. The summed E-state index contributed by atoms with van der Waals surface area (Å²) >= 11 is 0. The third-order valence-electron chi connectivity index (χ3n) is 2.64. The number of aromatic nitrogens is 1. The van der Waals surface area contributed by atoms with Gasteiger partial charge in [-0.1, -0.05) is 0 Å². The van der Waals surface area contributed by atoms with E-state index >= 15 is 0 Å². The Labute approximate surface area is 106 Å². The smallest absolute Gasteiger partial charge is 0.357 e. The van der Waals surface area contributed by atoms with Crippen LogP contribution in [-0.4, -0.2) is 29.8 Å². The lowest BCUT2D eigenvalue weighted by Gasteiger charge is -2.04. The lowest BCUT2D eigenvalue weighted by atomic mass is 10.1. The van der Waals surface area contributed by atoms with Crippen LogP contribution in [0.4, 0.5) is 0 Å². The van der Waals surface area contributed by atoms with Gasteiger partial charge in [0.2, 0.25) is 0 Å². The number of hydrogen-bond donors (Lipinski definition) is 1. The molecule has 0 amide bonds. The lowest BCUT2D eigenvalue weighted by molar-refractivity contribution is 0.0513. The van der Waals surface area contributed by atoms with Crippen molar-refractivity contribution in [2.45, 2.75) is 27.7 Å². The molecule has 1 heterocycles. The van der Waals surface area contributed by atoms with Gasteiger partial charge in [-0.25, -0.2) is 9.59 Å². The van der Waals surface area contributed by atoms with Crippen LogP contribution in [0.1, 0.15) is 46.0 Å². The molecule has 2 N–H and O–H groups in total. The van der Waals surface area contributed by atoms with Crippen LogP contribution in [0.15, 0.2) is 0 Å². The maximum absolute atomic E-state index is 11.8. The number of hydrogen-bond acceptors (Lipinski definition) is 5. The van der Waals surface area contributed by atoms with Crippen molar-refractivity contribution in [1.82, 2.24) is 4.68 Å². The van der Waals surface area contributed by atoms with E-state index in [1.165, 1.54) is 4.68 Å². The van der Waals surface area contributed by atoms with Gasteiger partial charge < -0.3 is 15.3 Å². The average Bonchev–Trinajstić information content (AvgIpc) is 2.51. The average molecular weight is 254 g/mol. The van der Waals surface area contributed by atoms with Crippen molar-refractivity contribution >= 4 is 11.9 Å². The zero-order valence-electron chi connectivity index (χ0n) is 11.1. The van der Waals surface area contributed by atoms with Crippen LogP contribution in [0, 0.1) is 13.8 Å². The van der Waals surface area contributed by atoms with E-state index < -0.39 is 11.9 Å². The van der Waals surface area contributed by atoms with E-state index in [-0.39, 0.29) is 18.9 Å². The van der Waals surface area contributed by atoms with Crippen molar-refractivity contribution in [2.75, 3.05) is 19.1 Å². The molecule has 6 heteroatoms. The van der Waals surface area contributed by atoms with Crippen LogP contribution >= 0.6 is 0 Å². The van der Waals surface area contributed by atoms with Gasteiger partial charge in [0.05, 0.1) is 24.5 Å². The molecule has 0 saturated heterocycles. The van der Waals surface area contributed by atoms with Crippen LogP contribution in [0.3, 0.4) is 0 Å². The topological polar surface area (TPSA) is 83.6 Å². The van der Waals surface area contributed by atoms with Gasteiger partial charge in [0.25, 0.3) is 0 Å². The van der Waals surface area contributed by atoms with Crippen LogP contribution in [0.2, 0.25) is 0 Å². The predicted octanol–water partition coefficient (Wildman–Crippen LogP) is 1.17. The molecule has 0 aliphatic heterocycles. The second kappa shape index (κ2) is 5.57. The third kappa shape index (κ3) is 2.32. The number of carbonyl (C=O) groups excluding carboxylic acids is 2. The monoisotopic (exact) mass is 254 g/mol. The number of rotatable bonds is 4. The van der Waals surface area contributed by atoms with Crippen molar-refractivity contribution in [3.63, 3.8) is 0 Å². The number of nitrogens with zero attached hydrogens (tertiary/aromatic N) is 1. The molecule has 0 unspecified atom stereocenters. The molecule has 1 aromatic heterocycles. The molecule has 0 aliphatic carbocycles. The molecule has 0 aliphatic rings. The fourth-order valence-corrected chi connectivity index (χ4v) is 1.81. The summed E-state index contributed by atoms with van der Waals surface area (Å²) in [5.41, 5.74) is 1.46. The summed E-state index contributed by atoms with van der Waals surface area (Å²) in [7, 11) is 0. The molecule has 0 fully saturated rings. The third-order valence-corrected chi connectivity index (χ3v) is 2.64. The maximum atomic E-state index is 11.8. The molecule has 0 aromatic carbocycles. The van der Waals surface area contributed by atoms with Crippen molar-refractivity contribution < 1.29 is 19.1 Å². The second-order valence-electron chi connectivity index (χ2n) is 3.74. The number of carbonyl (C=O) groups is 2. The van der Waals surface area contributed by atoms with Gasteiger partial charge in [0, 0.05) is 0 Å². The quantitative estimate of drug-likeness (QED) is 0.644. The van der Waals surface area contributed by atoms with Crippen molar-refractivity contribution in [3.8, 4) is 0 Å². The van der Waals surface area contributed by atoms with Gasteiger partial charge in [0.15, 0.2) is 5.69 Å². The van der Waals surface area contributed by atoms with E-state index in [2.05, 4.69) is 0 Å². The minimum atomic E-state index is -0.545. The van der Waals surface area contributed by atoms with Crippen LogP contribution in [-0.2, 0) is 9.47 Å². The van der Waals surface area contributed by atoms with Gasteiger partial charge in [-0.15, -0.1) is 0 Å². The van der Waals surface area contributed by atoms with E-state index in [1.807, 2.05) is 0 Å². The SMILES string of the molecule is CCOC(=O)c1c(C)c(C(=O)OCC)n(N)c1C. The predicted molar refractivity (Wildman–Crippen MR) is 66.0 cm³/mol. The molecular weight excluding hydrogens is 236 g/mol. The van der Waals surface area contributed by atoms with Gasteiger partial charge in [0.1, 0.15) is 0 Å². The Morgan fingerprint density at radius 3 is 2.11 bits per heavy atom. The molecular formula is C12H18N2O4. The highest BCUT2D eigenvalue weighted by atomic mass is 16.5. The molecule has 0 radical (unpaired) electrons. The molecule has 6 nitrogen and oxygen atoms in total. The van der Waals surface area contributed by atoms with E-state index in [0.717, 1.165) is 0 Å². The standard InChI is InChI=1S/C12H18N2O4/c1-5-17-11(15)9-7(3)10(12(16)18-6-2)14(13)8(9)4/h5-6,13H2,1-4H3. The van der Waals surface area contributed by atoms with Crippen LogP contribution < -0.4 is 5.84 Å². The molecule has 0 atom stereocenters. The molecule has 100 valence electrons. The van der Waals surface area contributed by atoms with E-state index in [9.17, 15) is 9.59 Å². The Bertz CT molecular complexity index is 435. The zero-order valence-corrected chi connectivity index (χ0v) is 11.1. The summed E-state index contributed by atoms with van der Waals surface area (Å²) in [6.45, 7) is 7.24. The van der Waals surface area contributed by atoms with Gasteiger partial charge in [-0.2, -0.15) is 0 Å². The minimum absolute atomic E-state index is 0.178. The minimum Gasteiger partial charge on any atom is -0.462 e. The fourth-order valence-electron chi connectivity index (χ4n) is 1.81. The van der Waals surface area contributed by atoms with E-state index in [0.29, 0.717) is 16.8 Å². The largest absolute Gasteiger partial charge is 0.462 e.